The van der Waals surface area contributed by atoms with Crippen LogP contribution in [0.15, 0.2) is 40.6 Å². The van der Waals surface area contributed by atoms with Crippen molar-refractivity contribution in [3.05, 3.63) is 41.3 Å². The number of ether oxygens (including phenoxy) is 1. The third-order valence-electron chi connectivity index (χ3n) is 2.65. The van der Waals surface area contributed by atoms with Gasteiger partial charge in [-0.1, -0.05) is 17.7 Å². The number of thioether (sulfide) groups is 1. The molecular formula is C14H14N2O2S. The van der Waals surface area contributed by atoms with E-state index in [-0.39, 0.29) is 5.91 Å². The Morgan fingerprint density at radius 3 is 2.89 bits per heavy atom. The Bertz CT molecular complexity index is 544. The number of nitrogens with one attached hydrogen (secondary N) is 1. The topological polar surface area (TPSA) is 62.1 Å². The summed E-state index contributed by atoms with van der Waals surface area (Å²) in [5.74, 6) is 0.460. The van der Waals surface area contributed by atoms with Gasteiger partial charge in [0.25, 0.3) is 0 Å². The predicted octanol–water partition coefficient (Wildman–Crippen LogP) is 2.36. The van der Waals surface area contributed by atoms with E-state index in [1.54, 1.807) is 0 Å². The molecule has 0 radical (unpaired) electrons. The molecule has 1 aromatic rings. The first-order valence-electron chi connectivity index (χ1n) is 5.94. The molecule has 0 spiro atoms. The van der Waals surface area contributed by atoms with E-state index < -0.39 is 0 Å². The van der Waals surface area contributed by atoms with Crippen LogP contribution in [0.2, 0.25) is 0 Å². The summed E-state index contributed by atoms with van der Waals surface area (Å²) in [7, 11) is 0. The lowest BCUT2D eigenvalue weighted by Crippen LogP contribution is -2.25. The predicted molar refractivity (Wildman–Crippen MR) is 73.3 cm³/mol. The van der Waals surface area contributed by atoms with Crippen molar-refractivity contribution in [2.45, 2.75) is 18.2 Å². The smallest absolute Gasteiger partial charge is 0.237 e. The lowest BCUT2D eigenvalue weighted by molar-refractivity contribution is -0.118. The molecule has 0 atom stereocenters. The van der Waals surface area contributed by atoms with Crippen LogP contribution in [0.1, 0.15) is 12.0 Å². The summed E-state index contributed by atoms with van der Waals surface area (Å²) >= 11 is 1.46. The summed E-state index contributed by atoms with van der Waals surface area (Å²) in [6.45, 7) is 2.48. The number of nitriles is 1. The minimum Gasteiger partial charge on any atom is -0.478 e. The fourth-order valence-electron chi connectivity index (χ4n) is 1.62. The zero-order chi connectivity index (χ0) is 13.7. The number of carbonyl (C=O) groups is 1. The van der Waals surface area contributed by atoms with Crippen LogP contribution in [0.5, 0.6) is 0 Å². The van der Waals surface area contributed by atoms with Gasteiger partial charge < -0.3 is 4.74 Å². The minimum atomic E-state index is -0.157. The Kier molecular flexibility index (Phi) is 4.48. The van der Waals surface area contributed by atoms with E-state index in [0.717, 1.165) is 4.90 Å². The molecule has 0 saturated heterocycles. The number of carbonyl (C=O) groups excluding carboxylic acids is 1. The maximum Gasteiger partial charge on any atom is 0.237 e. The normalized spacial score (nSPS) is 13.9. The quantitative estimate of drug-likeness (QED) is 0.856. The van der Waals surface area contributed by atoms with Crippen molar-refractivity contribution in [2.75, 3.05) is 12.4 Å². The van der Waals surface area contributed by atoms with E-state index in [2.05, 4.69) is 5.32 Å². The Morgan fingerprint density at radius 2 is 2.21 bits per heavy atom. The summed E-state index contributed by atoms with van der Waals surface area (Å²) in [6.07, 6.45) is 0.567. The molecule has 1 heterocycles. The molecule has 0 unspecified atom stereocenters. The van der Waals surface area contributed by atoms with Crippen LogP contribution in [0.25, 0.3) is 0 Å². The van der Waals surface area contributed by atoms with Gasteiger partial charge in [-0.2, -0.15) is 5.26 Å². The molecule has 2 rings (SSSR count). The van der Waals surface area contributed by atoms with Gasteiger partial charge in [0.05, 0.1) is 17.9 Å². The second-order valence-electron chi connectivity index (χ2n) is 4.17. The van der Waals surface area contributed by atoms with Crippen LogP contribution in [0.4, 0.5) is 0 Å². The maximum atomic E-state index is 11.7. The van der Waals surface area contributed by atoms with Crippen molar-refractivity contribution in [2.24, 2.45) is 0 Å². The Balaban J connectivity index is 1.85. The number of hydrogen-bond donors (Lipinski definition) is 1. The van der Waals surface area contributed by atoms with Crippen molar-refractivity contribution in [1.82, 2.24) is 5.32 Å². The van der Waals surface area contributed by atoms with Crippen molar-refractivity contribution >= 4 is 17.7 Å². The first-order chi connectivity index (χ1) is 9.19. The molecule has 1 N–H and O–H groups in total. The Labute approximate surface area is 116 Å². The second kappa shape index (κ2) is 6.30. The summed E-state index contributed by atoms with van der Waals surface area (Å²) < 4.78 is 5.21. The summed E-state index contributed by atoms with van der Waals surface area (Å²) in [5, 5.41) is 11.5. The van der Waals surface area contributed by atoms with Gasteiger partial charge in [-0.05, 0) is 19.1 Å². The lowest BCUT2D eigenvalue weighted by atomic mass is 10.2. The molecule has 1 amide bonds. The van der Waals surface area contributed by atoms with Gasteiger partial charge in [0.15, 0.2) is 0 Å². The standard InChI is InChI=1S/C14H14N2O2S/c1-10-2-4-12(5-3-10)19-9-13(17)16-14-11(8-15)6-7-18-14/h2-5H,6-7,9H2,1H3,(H,16,17). The highest BCUT2D eigenvalue weighted by Gasteiger charge is 2.17. The van der Waals surface area contributed by atoms with Crippen molar-refractivity contribution in [3.63, 3.8) is 0 Å². The number of rotatable bonds is 4. The van der Waals surface area contributed by atoms with Gasteiger partial charge >= 0.3 is 0 Å². The molecule has 19 heavy (non-hydrogen) atoms. The number of hydrogen-bond acceptors (Lipinski definition) is 4. The van der Waals surface area contributed by atoms with Gasteiger partial charge in [-0.25, -0.2) is 0 Å². The highest BCUT2D eigenvalue weighted by atomic mass is 32.2. The summed E-state index contributed by atoms with van der Waals surface area (Å²) in [6, 6.07) is 10.0. The molecule has 0 aromatic heterocycles. The average molecular weight is 274 g/mol. The molecule has 1 aliphatic rings. The second-order valence-corrected chi connectivity index (χ2v) is 5.22. The first kappa shape index (κ1) is 13.5. The van der Waals surface area contributed by atoms with E-state index in [9.17, 15) is 4.79 Å². The van der Waals surface area contributed by atoms with Crippen LogP contribution in [-0.2, 0) is 9.53 Å². The number of benzene rings is 1. The van der Waals surface area contributed by atoms with E-state index in [1.807, 2.05) is 37.3 Å². The van der Waals surface area contributed by atoms with Gasteiger partial charge in [-0.15, -0.1) is 11.8 Å². The highest BCUT2D eigenvalue weighted by molar-refractivity contribution is 8.00. The Morgan fingerprint density at radius 1 is 1.47 bits per heavy atom. The monoisotopic (exact) mass is 274 g/mol. The number of aryl methyl sites for hydroxylation is 1. The molecule has 4 nitrogen and oxygen atoms in total. The fraction of sp³-hybridized carbons (Fsp3) is 0.286. The van der Waals surface area contributed by atoms with Crippen molar-refractivity contribution in [1.29, 1.82) is 5.26 Å². The zero-order valence-electron chi connectivity index (χ0n) is 10.6. The third-order valence-corrected chi connectivity index (χ3v) is 3.66. The van der Waals surface area contributed by atoms with Crippen LogP contribution in [-0.4, -0.2) is 18.3 Å². The van der Waals surface area contributed by atoms with Crippen molar-refractivity contribution in [3.8, 4) is 6.07 Å². The molecule has 98 valence electrons. The fourth-order valence-corrected chi connectivity index (χ4v) is 2.32. The molecule has 1 aromatic carbocycles. The highest BCUT2D eigenvalue weighted by Crippen LogP contribution is 2.19. The SMILES string of the molecule is Cc1ccc(SCC(=O)NC2=C(C#N)CCO2)cc1. The molecule has 0 bridgehead atoms. The molecule has 0 saturated carbocycles. The third kappa shape index (κ3) is 3.76. The van der Waals surface area contributed by atoms with Crippen LogP contribution in [0.3, 0.4) is 0 Å². The molecule has 1 aliphatic heterocycles. The lowest BCUT2D eigenvalue weighted by Gasteiger charge is -2.06. The zero-order valence-corrected chi connectivity index (χ0v) is 11.4. The maximum absolute atomic E-state index is 11.7. The van der Waals surface area contributed by atoms with E-state index in [0.29, 0.717) is 30.2 Å². The van der Waals surface area contributed by atoms with E-state index >= 15 is 0 Å². The van der Waals surface area contributed by atoms with Gasteiger partial charge in [0.2, 0.25) is 11.8 Å². The van der Waals surface area contributed by atoms with E-state index in [4.69, 9.17) is 10.00 Å². The van der Waals surface area contributed by atoms with Gasteiger partial charge in [0, 0.05) is 11.3 Å². The van der Waals surface area contributed by atoms with Gasteiger partial charge in [0.1, 0.15) is 6.07 Å². The first-order valence-corrected chi connectivity index (χ1v) is 6.93. The molecule has 0 fully saturated rings. The summed E-state index contributed by atoms with van der Waals surface area (Å²) in [4.78, 5) is 12.8. The molecular weight excluding hydrogens is 260 g/mol. The minimum absolute atomic E-state index is 0.157. The number of amides is 1. The Hall–Kier alpha value is -1.93. The van der Waals surface area contributed by atoms with Crippen LogP contribution >= 0.6 is 11.8 Å². The number of nitrogens with zero attached hydrogens (tertiary/aromatic N) is 1. The molecule has 5 heteroatoms. The average Bonchev–Trinajstić information content (AvgIpc) is 2.85. The van der Waals surface area contributed by atoms with Crippen LogP contribution in [0, 0.1) is 18.3 Å². The van der Waals surface area contributed by atoms with E-state index in [1.165, 1.54) is 17.3 Å². The van der Waals surface area contributed by atoms with Gasteiger partial charge in [-0.3, -0.25) is 10.1 Å². The largest absolute Gasteiger partial charge is 0.478 e. The molecule has 0 aliphatic carbocycles. The van der Waals surface area contributed by atoms with Crippen molar-refractivity contribution < 1.29 is 9.53 Å². The summed E-state index contributed by atoms with van der Waals surface area (Å²) in [5.41, 5.74) is 1.70. The van der Waals surface area contributed by atoms with Crippen LogP contribution < -0.4 is 5.32 Å².